The van der Waals surface area contributed by atoms with Gasteiger partial charge in [-0.2, -0.15) is 0 Å². The number of oxazole rings is 1. The number of benzene rings is 1. The van der Waals surface area contributed by atoms with Crippen LogP contribution in [0, 0.1) is 6.92 Å². The van der Waals surface area contributed by atoms with Gasteiger partial charge in [-0.3, -0.25) is 4.79 Å². The molecule has 0 radical (unpaired) electrons. The molecular formula is C16H17N3O2. The lowest BCUT2D eigenvalue weighted by molar-refractivity contribution is 0.0943. The first kappa shape index (κ1) is 13.4. The molecule has 0 bridgehead atoms. The van der Waals surface area contributed by atoms with Crippen LogP contribution in [0.4, 0.5) is 0 Å². The van der Waals surface area contributed by atoms with Crippen LogP contribution in [0.1, 0.15) is 34.6 Å². The van der Waals surface area contributed by atoms with Gasteiger partial charge in [0.2, 0.25) is 5.89 Å². The molecule has 21 heavy (non-hydrogen) atoms. The summed E-state index contributed by atoms with van der Waals surface area (Å²) in [6.07, 6.45) is 2.48. The summed E-state index contributed by atoms with van der Waals surface area (Å²) < 4.78 is 5.46. The van der Waals surface area contributed by atoms with Crippen LogP contribution in [0.5, 0.6) is 0 Å². The fourth-order valence-electron chi connectivity index (χ4n) is 2.21. The molecule has 0 aliphatic rings. The van der Waals surface area contributed by atoms with Crippen LogP contribution in [-0.2, 0) is 13.0 Å². The molecule has 108 valence electrons. The van der Waals surface area contributed by atoms with E-state index in [0.29, 0.717) is 11.6 Å². The van der Waals surface area contributed by atoms with Crippen LogP contribution in [-0.4, -0.2) is 15.9 Å². The van der Waals surface area contributed by atoms with Crippen molar-refractivity contribution in [1.82, 2.24) is 15.3 Å². The maximum absolute atomic E-state index is 12.1. The summed E-state index contributed by atoms with van der Waals surface area (Å²) in [4.78, 5) is 19.4. The van der Waals surface area contributed by atoms with Crippen molar-refractivity contribution in [2.45, 2.75) is 26.8 Å². The summed E-state index contributed by atoms with van der Waals surface area (Å²) in [6, 6.07) is 7.89. The zero-order valence-electron chi connectivity index (χ0n) is 12.1. The summed E-state index contributed by atoms with van der Waals surface area (Å²) in [5.74, 6) is 1.17. The van der Waals surface area contributed by atoms with E-state index in [-0.39, 0.29) is 12.5 Å². The number of carbonyl (C=O) groups is 1. The minimum Gasteiger partial charge on any atom is -0.444 e. The summed E-state index contributed by atoms with van der Waals surface area (Å²) in [6.45, 7) is 4.30. The number of rotatable bonds is 4. The van der Waals surface area contributed by atoms with Gasteiger partial charge in [0.05, 0.1) is 12.7 Å². The largest absolute Gasteiger partial charge is 0.444 e. The smallest absolute Gasteiger partial charge is 0.268 e. The highest BCUT2D eigenvalue weighted by Gasteiger charge is 2.11. The Hall–Kier alpha value is -2.56. The molecule has 0 unspecified atom stereocenters. The predicted octanol–water partition coefficient (Wildman–Crippen LogP) is 2.96. The second-order valence-corrected chi connectivity index (χ2v) is 5.03. The third-order valence-corrected chi connectivity index (χ3v) is 3.37. The number of aromatic nitrogens is 2. The molecule has 2 heterocycles. The highest BCUT2D eigenvalue weighted by molar-refractivity contribution is 5.98. The minimum atomic E-state index is -0.167. The molecule has 0 saturated carbocycles. The van der Waals surface area contributed by atoms with E-state index in [9.17, 15) is 4.79 Å². The van der Waals surface area contributed by atoms with E-state index in [0.717, 1.165) is 28.6 Å². The number of aromatic amines is 1. The lowest BCUT2D eigenvalue weighted by atomic mass is 10.2. The highest BCUT2D eigenvalue weighted by Crippen LogP contribution is 2.16. The van der Waals surface area contributed by atoms with Crippen molar-refractivity contribution in [1.29, 1.82) is 0 Å². The Morgan fingerprint density at radius 1 is 1.38 bits per heavy atom. The Morgan fingerprint density at radius 2 is 2.24 bits per heavy atom. The van der Waals surface area contributed by atoms with Crippen LogP contribution >= 0.6 is 0 Å². The second-order valence-electron chi connectivity index (χ2n) is 5.03. The monoisotopic (exact) mass is 283 g/mol. The van der Waals surface area contributed by atoms with Gasteiger partial charge < -0.3 is 14.7 Å². The van der Waals surface area contributed by atoms with Gasteiger partial charge in [-0.05, 0) is 24.6 Å². The molecule has 3 aromatic rings. The number of nitrogens with zero attached hydrogens (tertiary/aromatic N) is 1. The summed E-state index contributed by atoms with van der Waals surface area (Å²) in [5.41, 5.74) is 2.66. The molecule has 2 N–H and O–H groups in total. The number of hydrogen-bond donors (Lipinski definition) is 2. The van der Waals surface area contributed by atoms with Crippen LogP contribution in [0.15, 0.2) is 34.9 Å². The number of H-pyrrole nitrogens is 1. The molecule has 0 aliphatic heterocycles. The number of hydrogen-bond acceptors (Lipinski definition) is 3. The van der Waals surface area contributed by atoms with Crippen molar-refractivity contribution >= 4 is 16.8 Å². The predicted molar refractivity (Wildman–Crippen MR) is 80.1 cm³/mol. The third-order valence-electron chi connectivity index (χ3n) is 3.37. The average molecular weight is 283 g/mol. The van der Waals surface area contributed by atoms with Crippen molar-refractivity contribution < 1.29 is 9.21 Å². The fraction of sp³-hybridized carbons (Fsp3) is 0.250. The Bertz CT molecular complexity index is 786. The molecule has 0 fully saturated rings. The van der Waals surface area contributed by atoms with E-state index >= 15 is 0 Å². The van der Waals surface area contributed by atoms with Gasteiger partial charge in [0.15, 0.2) is 0 Å². The van der Waals surface area contributed by atoms with Crippen LogP contribution in [0.2, 0.25) is 0 Å². The fourth-order valence-corrected chi connectivity index (χ4v) is 2.21. The molecule has 5 nitrogen and oxygen atoms in total. The first-order chi connectivity index (χ1) is 10.2. The molecule has 0 aliphatic carbocycles. The van der Waals surface area contributed by atoms with Crippen LogP contribution < -0.4 is 5.32 Å². The van der Waals surface area contributed by atoms with E-state index in [2.05, 4.69) is 15.3 Å². The van der Waals surface area contributed by atoms with E-state index in [4.69, 9.17) is 4.42 Å². The number of aryl methyl sites for hydroxylation is 2. The standard InChI is InChI=1S/C16H17N3O2/c1-3-12-8-17-15(21-12)9-18-16(20)14-7-11-5-4-10(2)6-13(11)19-14/h4-8,19H,3,9H2,1-2H3,(H,18,20). The quantitative estimate of drug-likeness (QED) is 0.773. The van der Waals surface area contributed by atoms with Crippen LogP contribution in [0.25, 0.3) is 10.9 Å². The number of fused-ring (bicyclic) bond motifs is 1. The molecule has 0 spiro atoms. The summed E-state index contributed by atoms with van der Waals surface area (Å²) >= 11 is 0. The van der Waals surface area contributed by atoms with Crippen molar-refractivity contribution in [3.63, 3.8) is 0 Å². The lowest BCUT2D eigenvalue weighted by Gasteiger charge is -2.00. The van der Waals surface area contributed by atoms with E-state index in [1.54, 1.807) is 6.20 Å². The SMILES string of the molecule is CCc1cnc(CNC(=O)c2cc3ccc(C)cc3[nH]2)o1. The van der Waals surface area contributed by atoms with Crippen LogP contribution in [0.3, 0.4) is 0 Å². The summed E-state index contributed by atoms with van der Waals surface area (Å²) in [7, 11) is 0. The van der Waals surface area contributed by atoms with Crippen molar-refractivity contribution in [3.05, 3.63) is 53.4 Å². The Morgan fingerprint density at radius 3 is 3.00 bits per heavy atom. The van der Waals surface area contributed by atoms with E-state index in [1.807, 2.05) is 38.1 Å². The van der Waals surface area contributed by atoms with Gasteiger partial charge in [0.25, 0.3) is 5.91 Å². The lowest BCUT2D eigenvalue weighted by Crippen LogP contribution is -2.23. The van der Waals surface area contributed by atoms with Crippen molar-refractivity contribution in [2.75, 3.05) is 0 Å². The Labute approximate surface area is 122 Å². The van der Waals surface area contributed by atoms with Crippen molar-refractivity contribution in [2.24, 2.45) is 0 Å². The van der Waals surface area contributed by atoms with Gasteiger partial charge in [0.1, 0.15) is 11.5 Å². The number of amides is 1. The molecule has 3 rings (SSSR count). The topological polar surface area (TPSA) is 70.9 Å². The molecule has 1 aromatic carbocycles. The van der Waals surface area contributed by atoms with Crippen molar-refractivity contribution in [3.8, 4) is 0 Å². The van der Waals surface area contributed by atoms with Gasteiger partial charge in [-0.1, -0.05) is 19.1 Å². The average Bonchev–Trinajstić information content (AvgIpc) is 3.10. The van der Waals surface area contributed by atoms with E-state index < -0.39 is 0 Å². The first-order valence-corrected chi connectivity index (χ1v) is 6.97. The Kier molecular flexibility index (Phi) is 3.48. The van der Waals surface area contributed by atoms with E-state index in [1.165, 1.54) is 0 Å². The van der Waals surface area contributed by atoms with Gasteiger partial charge >= 0.3 is 0 Å². The molecule has 0 atom stereocenters. The van der Waals surface area contributed by atoms with Gasteiger partial charge in [-0.15, -0.1) is 0 Å². The third kappa shape index (κ3) is 2.81. The Balaban J connectivity index is 1.71. The molecule has 5 heteroatoms. The van der Waals surface area contributed by atoms with Gasteiger partial charge in [0, 0.05) is 17.3 Å². The zero-order chi connectivity index (χ0) is 14.8. The first-order valence-electron chi connectivity index (χ1n) is 6.97. The maximum atomic E-state index is 12.1. The number of carbonyl (C=O) groups excluding carboxylic acids is 1. The molecular weight excluding hydrogens is 266 g/mol. The van der Waals surface area contributed by atoms with Gasteiger partial charge in [-0.25, -0.2) is 4.98 Å². The normalized spacial score (nSPS) is 11.0. The highest BCUT2D eigenvalue weighted by atomic mass is 16.4. The zero-order valence-corrected chi connectivity index (χ0v) is 12.1. The number of nitrogens with one attached hydrogen (secondary N) is 2. The second kappa shape index (κ2) is 5.44. The molecule has 1 amide bonds. The summed E-state index contributed by atoms with van der Waals surface area (Å²) in [5, 5.41) is 3.83. The molecule has 0 saturated heterocycles. The maximum Gasteiger partial charge on any atom is 0.268 e. The molecule has 2 aromatic heterocycles. The minimum absolute atomic E-state index is 0.167.